The predicted molar refractivity (Wildman–Crippen MR) is 47.6 cm³/mol. The summed E-state index contributed by atoms with van der Waals surface area (Å²) in [5.41, 5.74) is 0.957. The first-order valence-corrected chi connectivity index (χ1v) is 3.99. The topological polar surface area (TPSA) is 33.4 Å². The maximum absolute atomic E-state index is 9.69. The lowest BCUT2D eigenvalue weighted by atomic mass is 9.96. The van der Waals surface area contributed by atoms with Crippen molar-refractivity contribution in [3.05, 3.63) is 36.3 Å². The molecule has 1 aromatic heterocycles. The van der Waals surface area contributed by atoms with Crippen molar-refractivity contribution in [2.45, 2.75) is 20.0 Å². The zero-order chi connectivity index (χ0) is 9.14. The Labute approximate surface area is 72.5 Å². The van der Waals surface area contributed by atoms with E-state index in [2.05, 4.69) is 6.58 Å². The molecule has 2 nitrogen and oxygen atoms in total. The van der Waals surface area contributed by atoms with Gasteiger partial charge in [-0.25, -0.2) is 0 Å². The number of aliphatic hydroxyl groups is 1. The molecule has 2 heteroatoms. The molecule has 0 saturated carbocycles. The largest absolute Gasteiger partial charge is 0.467 e. The molecule has 0 radical (unpaired) electrons. The molecule has 0 fully saturated rings. The van der Waals surface area contributed by atoms with E-state index in [1.54, 1.807) is 18.4 Å². The van der Waals surface area contributed by atoms with Gasteiger partial charge < -0.3 is 9.52 Å². The highest BCUT2D eigenvalue weighted by atomic mass is 16.4. The van der Waals surface area contributed by atoms with E-state index < -0.39 is 6.10 Å². The van der Waals surface area contributed by atoms with Crippen molar-refractivity contribution < 1.29 is 9.52 Å². The predicted octanol–water partition coefficient (Wildman–Crippen LogP) is 2.53. The van der Waals surface area contributed by atoms with Gasteiger partial charge in [0.2, 0.25) is 0 Å². The lowest BCUT2D eigenvalue weighted by Gasteiger charge is -2.16. The molecule has 1 N–H and O–H groups in total. The third kappa shape index (κ3) is 1.77. The summed E-state index contributed by atoms with van der Waals surface area (Å²) in [6, 6.07) is 3.54. The van der Waals surface area contributed by atoms with Crippen LogP contribution in [0.3, 0.4) is 0 Å². The van der Waals surface area contributed by atoms with Crippen LogP contribution in [0.15, 0.2) is 35.0 Å². The summed E-state index contributed by atoms with van der Waals surface area (Å²) in [5.74, 6) is 0.640. The summed E-state index contributed by atoms with van der Waals surface area (Å²) >= 11 is 0. The van der Waals surface area contributed by atoms with Crippen molar-refractivity contribution in [3.63, 3.8) is 0 Å². The van der Waals surface area contributed by atoms with E-state index in [0.717, 1.165) is 5.57 Å². The number of aliphatic hydroxyl groups excluding tert-OH is 1. The third-order valence-corrected chi connectivity index (χ3v) is 2.09. The summed E-state index contributed by atoms with van der Waals surface area (Å²) in [4.78, 5) is 0. The molecular formula is C10H14O2. The van der Waals surface area contributed by atoms with Gasteiger partial charge in [0.25, 0.3) is 0 Å². The number of furan rings is 1. The molecule has 12 heavy (non-hydrogen) atoms. The Hall–Kier alpha value is -1.02. The first-order valence-electron chi connectivity index (χ1n) is 3.99. The first-order chi connectivity index (χ1) is 5.63. The molecule has 0 aromatic carbocycles. The zero-order valence-electron chi connectivity index (χ0n) is 7.45. The standard InChI is InChI=1S/C10H14O2/c1-7(2)8(3)10(11)9-5-4-6-12-9/h4-6,8,10-11H,1H2,2-3H3/t8-,10-/m1/s1. The van der Waals surface area contributed by atoms with Crippen LogP contribution in [-0.4, -0.2) is 5.11 Å². The van der Waals surface area contributed by atoms with Crippen molar-refractivity contribution in [2.24, 2.45) is 5.92 Å². The van der Waals surface area contributed by atoms with E-state index in [9.17, 15) is 5.11 Å². The van der Waals surface area contributed by atoms with Crippen molar-refractivity contribution in [1.82, 2.24) is 0 Å². The smallest absolute Gasteiger partial charge is 0.132 e. The summed E-state index contributed by atoms with van der Waals surface area (Å²) < 4.78 is 5.08. The monoisotopic (exact) mass is 166 g/mol. The second-order valence-electron chi connectivity index (χ2n) is 3.10. The molecule has 1 rings (SSSR count). The highest BCUT2D eigenvalue weighted by Crippen LogP contribution is 2.26. The van der Waals surface area contributed by atoms with Crippen LogP contribution in [0.4, 0.5) is 0 Å². The summed E-state index contributed by atoms with van der Waals surface area (Å²) in [7, 11) is 0. The molecule has 0 aliphatic carbocycles. The van der Waals surface area contributed by atoms with Gasteiger partial charge in [-0.15, -0.1) is 0 Å². The first kappa shape index (κ1) is 9.07. The third-order valence-electron chi connectivity index (χ3n) is 2.09. The Balaban J connectivity index is 2.71. The maximum Gasteiger partial charge on any atom is 0.132 e. The van der Waals surface area contributed by atoms with Gasteiger partial charge >= 0.3 is 0 Å². The molecule has 2 atom stereocenters. The molecule has 66 valence electrons. The van der Waals surface area contributed by atoms with E-state index in [1.807, 2.05) is 13.8 Å². The number of hydrogen-bond donors (Lipinski definition) is 1. The minimum atomic E-state index is -0.572. The molecule has 0 spiro atoms. The van der Waals surface area contributed by atoms with Crippen LogP contribution in [0.5, 0.6) is 0 Å². The van der Waals surface area contributed by atoms with E-state index in [4.69, 9.17) is 4.42 Å². The minimum Gasteiger partial charge on any atom is -0.467 e. The van der Waals surface area contributed by atoms with Gasteiger partial charge in [-0.1, -0.05) is 19.1 Å². The molecule has 0 unspecified atom stereocenters. The van der Waals surface area contributed by atoms with Gasteiger partial charge in [0, 0.05) is 5.92 Å². The molecule has 0 aliphatic rings. The maximum atomic E-state index is 9.69. The van der Waals surface area contributed by atoms with Crippen molar-refractivity contribution in [2.75, 3.05) is 0 Å². The fourth-order valence-corrected chi connectivity index (χ4v) is 0.975. The molecule has 0 saturated heterocycles. The van der Waals surface area contributed by atoms with Crippen LogP contribution in [0.25, 0.3) is 0 Å². The lowest BCUT2D eigenvalue weighted by molar-refractivity contribution is 0.110. The van der Waals surface area contributed by atoms with Gasteiger partial charge in [0.15, 0.2) is 0 Å². The number of hydrogen-bond acceptors (Lipinski definition) is 2. The summed E-state index contributed by atoms with van der Waals surface area (Å²) in [6.07, 6.45) is 0.987. The van der Waals surface area contributed by atoms with Crippen molar-refractivity contribution >= 4 is 0 Å². The van der Waals surface area contributed by atoms with E-state index in [1.165, 1.54) is 0 Å². The van der Waals surface area contributed by atoms with Gasteiger partial charge in [0.05, 0.1) is 6.26 Å². The zero-order valence-corrected chi connectivity index (χ0v) is 7.45. The van der Waals surface area contributed by atoms with Gasteiger partial charge in [0.1, 0.15) is 11.9 Å². The Kier molecular flexibility index (Phi) is 2.71. The van der Waals surface area contributed by atoms with E-state index >= 15 is 0 Å². The molecule has 0 amide bonds. The molecule has 0 bridgehead atoms. The molecule has 1 heterocycles. The van der Waals surface area contributed by atoms with Crippen LogP contribution in [0, 0.1) is 5.92 Å². The SMILES string of the molecule is C=C(C)[C@@H](C)[C@@H](O)c1ccco1. The summed E-state index contributed by atoms with van der Waals surface area (Å²) in [6.45, 7) is 7.61. The van der Waals surface area contributed by atoms with Crippen LogP contribution >= 0.6 is 0 Å². The fraction of sp³-hybridized carbons (Fsp3) is 0.400. The van der Waals surface area contributed by atoms with Crippen LogP contribution in [0.1, 0.15) is 25.7 Å². The van der Waals surface area contributed by atoms with E-state index in [0.29, 0.717) is 5.76 Å². The Morgan fingerprint density at radius 3 is 2.75 bits per heavy atom. The van der Waals surface area contributed by atoms with Crippen LogP contribution < -0.4 is 0 Å². The van der Waals surface area contributed by atoms with Crippen LogP contribution in [-0.2, 0) is 0 Å². The van der Waals surface area contributed by atoms with Crippen LogP contribution in [0.2, 0.25) is 0 Å². The molecular weight excluding hydrogens is 152 g/mol. The second kappa shape index (κ2) is 3.59. The highest BCUT2D eigenvalue weighted by Gasteiger charge is 2.18. The Morgan fingerprint density at radius 2 is 2.33 bits per heavy atom. The summed E-state index contributed by atoms with van der Waals surface area (Å²) in [5, 5.41) is 9.69. The molecule has 1 aromatic rings. The van der Waals surface area contributed by atoms with Crippen molar-refractivity contribution in [1.29, 1.82) is 0 Å². The van der Waals surface area contributed by atoms with E-state index in [-0.39, 0.29) is 5.92 Å². The van der Waals surface area contributed by atoms with Crippen molar-refractivity contribution in [3.8, 4) is 0 Å². The quantitative estimate of drug-likeness (QED) is 0.700. The lowest BCUT2D eigenvalue weighted by Crippen LogP contribution is -2.08. The highest BCUT2D eigenvalue weighted by molar-refractivity contribution is 5.08. The Morgan fingerprint density at radius 1 is 1.67 bits per heavy atom. The second-order valence-corrected chi connectivity index (χ2v) is 3.10. The fourth-order valence-electron chi connectivity index (χ4n) is 0.975. The van der Waals surface area contributed by atoms with Gasteiger partial charge in [-0.05, 0) is 19.1 Å². The average Bonchev–Trinajstić information content (AvgIpc) is 2.53. The average molecular weight is 166 g/mol. The minimum absolute atomic E-state index is 0.0381. The molecule has 0 aliphatic heterocycles. The normalized spacial score (nSPS) is 15.6. The Bertz CT molecular complexity index is 249. The number of rotatable bonds is 3. The van der Waals surface area contributed by atoms with Gasteiger partial charge in [-0.2, -0.15) is 0 Å². The van der Waals surface area contributed by atoms with Gasteiger partial charge in [-0.3, -0.25) is 0 Å².